The van der Waals surface area contributed by atoms with Gasteiger partial charge in [0.15, 0.2) is 0 Å². The molecule has 0 radical (unpaired) electrons. The van der Waals surface area contributed by atoms with Crippen molar-refractivity contribution in [3.8, 4) is 22.7 Å². The number of ether oxygens (including phenoxy) is 2. The number of nitrogens with zero attached hydrogens (tertiary/aromatic N) is 2. The molecule has 170 valence electrons. The van der Waals surface area contributed by atoms with E-state index in [1.165, 1.54) is 31.4 Å². The third-order valence-corrected chi connectivity index (χ3v) is 6.20. The molecule has 0 spiro atoms. The van der Waals surface area contributed by atoms with Gasteiger partial charge in [0.1, 0.15) is 5.75 Å². The van der Waals surface area contributed by atoms with Crippen LogP contribution in [0.4, 0.5) is 13.2 Å². The second kappa shape index (κ2) is 7.91. The standard InChI is InChI=1S/C21H20F3N3O4S/c1-12-9-18-16(11-31-12)20(13-3-6-15(7-4-13)32(25,28)29)26-27(18)14-5-8-17(21(22,23)24)19(10-14)30-2/h3-8,10,12H,9,11H2,1-2H3,(H2,25,28,29). The number of alkyl halides is 3. The summed E-state index contributed by atoms with van der Waals surface area (Å²) in [6, 6.07) is 9.52. The van der Waals surface area contributed by atoms with Gasteiger partial charge in [-0.05, 0) is 31.2 Å². The van der Waals surface area contributed by atoms with Crippen molar-refractivity contribution in [1.82, 2.24) is 9.78 Å². The fraction of sp³-hybridized carbons (Fsp3) is 0.286. The molecule has 1 aromatic heterocycles. The fourth-order valence-corrected chi connectivity index (χ4v) is 4.21. The van der Waals surface area contributed by atoms with Crippen LogP contribution in [0.5, 0.6) is 5.75 Å². The molecule has 2 aromatic carbocycles. The van der Waals surface area contributed by atoms with E-state index in [2.05, 4.69) is 5.10 Å². The molecule has 0 amide bonds. The highest BCUT2D eigenvalue weighted by Gasteiger charge is 2.35. The van der Waals surface area contributed by atoms with Crippen LogP contribution in [0.3, 0.4) is 0 Å². The Bertz CT molecular complexity index is 1270. The van der Waals surface area contributed by atoms with Crippen LogP contribution in [0.15, 0.2) is 47.4 Å². The molecule has 11 heteroatoms. The molecule has 7 nitrogen and oxygen atoms in total. The van der Waals surface area contributed by atoms with Gasteiger partial charge in [-0.25, -0.2) is 18.2 Å². The summed E-state index contributed by atoms with van der Waals surface area (Å²) < 4.78 is 75.2. The minimum Gasteiger partial charge on any atom is -0.496 e. The lowest BCUT2D eigenvalue weighted by atomic mass is 10.0. The zero-order valence-electron chi connectivity index (χ0n) is 17.2. The fourth-order valence-electron chi connectivity index (χ4n) is 3.70. The summed E-state index contributed by atoms with van der Waals surface area (Å²) in [5.41, 5.74) is 2.30. The lowest BCUT2D eigenvalue weighted by Gasteiger charge is -2.21. The maximum atomic E-state index is 13.3. The van der Waals surface area contributed by atoms with E-state index in [0.717, 1.165) is 17.3 Å². The Hall–Kier alpha value is -2.89. The Labute approximate surface area is 182 Å². The molecule has 1 atom stereocenters. The predicted molar refractivity (Wildman–Crippen MR) is 110 cm³/mol. The minimum atomic E-state index is -4.55. The Morgan fingerprint density at radius 1 is 1.19 bits per heavy atom. The second-order valence-corrected chi connectivity index (χ2v) is 9.02. The van der Waals surface area contributed by atoms with Gasteiger partial charge in [-0.2, -0.15) is 18.3 Å². The van der Waals surface area contributed by atoms with E-state index >= 15 is 0 Å². The van der Waals surface area contributed by atoms with Gasteiger partial charge in [0.2, 0.25) is 10.0 Å². The highest BCUT2D eigenvalue weighted by molar-refractivity contribution is 7.89. The summed E-state index contributed by atoms with van der Waals surface area (Å²) in [4.78, 5) is -0.0353. The Morgan fingerprint density at radius 3 is 2.47 bits per heavy atom. The summed E-state index contributed by atoms with van der Waals surface area (Å²) >= 11 is 0. The van der Waals surface area contributed by atoms with Gasteiger partial charge < -0.3 is 9.47 Å². The summed E-state index contributed by atoms with van der Waals surface area (Å²) in [7, 11) is -2.66. The van der Waals surface area contributed by atoms with E-state index in [9.17, 15) is 21.6 Å². The van der Waals surface area contributed by atoms with Crippen LogP contribution < -0.4 is 9.88 Å². The topological polar surface area (TPSA) is 96.4 Å². The quantitative estimate of drug-likeness (QED) is 0.632. The lowest BCUT2D eigenvalue weighted by Crippen LogP contribution is -2.21. The van der Waals surface area contributed by atoms with Crippen LogP contribution in [0, 0.1) is 0 Å². The third-order valence-electron chi connectivity index (χ3n) is 5.27. The molecule has 2 heterocycles. The van der Waals surface area contributed by atoms with Crippen molar-refractivity contribution in [2.75, 3.05) is 7.11 Å². The summed E-state index contributed by atoms with van der Waals surface area (Å²) in [6.45, 7) is 2.16. The average Bonchev–Trinajstić information content (AvgIpc) is 3.10. The number of aromatic nitrogens is 2. The third kappa shape index (κ3) is 4.10. The number of rotatable bonds is 4. The molecule has 32 heavy (non-hydrogen) atoms. The molecule has 3 aromatic rings. The molecular weight excluding hydrogens is 447 g/mol. The highest BCUT2D eigenvalue weighted by Crippen LogP contribution is 2.38. The molecule has 0 saturated heterocycles. The van der Waals surface area contributed by atoms with Crippen molar-refractivity contribution in [3.05, 3.63) is 59.3 Å². The molecule has 4 rings (SSSR count). The van der Waals surface area contributed by atoms with Crippen molar-refractivity contribution in [1.29, 1.82) is 0 Å². The van der Waals surface area contributed by atoms with Gasteiger partial charge in [-0.1, -0.05) is 12.1 Å². The van der Waals surface area contributed by atoms with E-state index in [1.54, 1.807) is 16.8 Å². The molecule has 1 aliphatic rings. The lowest BCUT2D eigenvalue weighted by molar-refractivity contribution is -0.138. The summed E-state index contributed by atoms with van der Waals surface area (Å²) in [5.74, 6) is -0.307. The number of sulfonamides is 1. The van der Waals surface area contributed by atoms with E-state index in [4.69, 9.17) is 14.6 Å². The zero-order chi connectivity index (χ0) is 23.3. The number of primary sulfonamides is 1. The first kappa shape index (κ1) is 22.3. The second-order valence-electron chi connectivity index (χ2n) is 7.46. The largest absolute Gasteiger partial charge is 0.496 e. The average molecular weight is 467 g/mol. The van der Waals surface area contributed by atoms with Crippen molar-refractivity contribution >= 4 is 10.0 Å². The monoisotopic (exact) mass is 467 g/mol. The first-order valence-electron chi connectivity index (χ1n) is 9.60. The first-order valence-corrected chi connectivity index (χ1v) is 11.1. The summed E-state index contributed by atoms with van der Waals surface area (Å²) in [6.07, 6.45) is -4.15. The Kier molecular flexibility index (Phi) is 5.51. The maximum Gasteiger partial charge on any atom is 0.419 e. The molecule has 0 bridgehead atoms. The van der Waals surface area contributed by atoms with E-state index in [-0.39, 0.29) is 23.4 Å². The Balaban J connectivity index is 1.85. The zero-order valence-corrected chi connectivity index (χ0v) is 18.0. The first-order chi connectivity index (χ1) is 15.0. The summed E-state index contributed by atoms with van der Waals surface area (Å²) in [5, 5.41) is 9.81. The molecule has 1 unspecified atom stereocenters. The number of halogens is 3. The molecule has 1 aliphatic heterocycles. The van der Waals surface area contributed by atoms with Crippen LogP contribution in [0.1, 0.15) is 23.7 Å². The van der Waals surface area contributed by atoms with E-state index in [0.29, 0.717) is 23.4 Å². The normalized spacial score (nSPS) is 16.6. The van der Waals surface area contributed by atoms with Gasteiger partial charge in [-0.3, -0.25) is 0 Å². The molecular formula is C21H20F3N3O4S. The number of fused-ring (bicyclic) bond motifs is 1. The van der Waals surface area contributed by atoms with Crippen molar-refractivity contribution in [3.63, 3.8) is 0 Å². The smallest absolute Gasteiger partial charge is 0.419 e. The van der Waals surface area contributed by atoms with Crippen molar-refractivity contribution in [2.24, 2.45) is 5.14 Å². The van der Waals surface area contributed by atoms with E-state index in [1.807, 2.05) is 6.92 Å². The van der Waals surface area contributed by atoms with Crippen molar-refractivity contribution < 1.29 is 31.1 Å². The van der Waals surface area contributed by atoms with Crippen LogP contribution in [-0.4, -0.2) is 31.4 Å². The molecule has 0 aliphatic carbocycles. The maximum absolute atomic E-state index is 13.3. The van der Waals surface area contributed by atoms with Gasteiger partial charge in [0.05, 0.1) is 47.4 Å². The molecule has 2 N–H and O–H groups in total. The van der Waals surface area contributed by atoms with Crippen LogP contribution in [-0.2, 0) is 34.0 Å². The van der Waals surface area contributed by atoms with Gasteiger partial charge >= 0.3 is 6.18 Å². The predicted octanol–water partition coefficient (Wildman–Crippen LogP) is 3.68. The van der Waals surface area contributed by atoms with Crippen LogP contribution >= 0.6 is 0 Å². The minimum absolute atomic E-state index is 0.0353. The number of hydrogen-bond donors (Lipinski definition) is 1. The molecule has 0 saturated carbocycles. The molecule has 0 fully saturated rings. The van der Waals surface area contributed by atoms with Gasteiger partial charge in [0, 0.05) is 23.6 Å². The number of hydrogen-bond acceptors (Lipinski definition) is 5. The van der Waals surface area contributed by atoms with Crippen molar-refractivity contribution in [2.45, 2.75) is 37.1 Å². The van der Waals surface area contributed by atoms with Gasteiger partial charge in [0.25, 0.3) is 0 Å². The van der Waals surface area contributed by atoms with E-state index < -0.39 is 21.8 Å². The number of benzene rings is 2. The number of methoxy groups -OCH3 is 1. The SMILES string of the molecule is COc1cc(-n2nc(-c3ccc(S(N)(=O)=O)cc3)c3c2CC(C)OC3)ccc1C(F)(F)F. The van der Waals surface area contributed by atoms with Crippen LogP contribution in [0.2, 0.25) is 0 Å². The number of nitrogens with two attached hydrogens (primary N) is 1. The Morgan fingerprint density at radius 2 is 1.88 bits per heavy atom. The van der Waals surface area contributed by atoms with Crippen LogP contribution in [0.25, 0.3) is 16.9 Å². The van der Waals surface area contributed by atoms with Gasteiger partial charge in [-0.15, -0.1) is 0 Å². The highest BCUT2D eigenvalue weighted by atomic mass is 32.2.